The molecule has 2 aromatic rings. The zero-order valence-corrected chi connectivity index (χ0v) is 10.1. The van der Waals surface area contributed by atoms with Gasteiger partial charge >= 0.3 is 12.1 Å². The molecule has 2 aromatic carbocycles. The SMILES string of the molecule is Nc1cccc(C(=O)O)c1-c1cccc(C(F)(F)F)c1. The third-order valence-corrected chi connectivity index (χ3v) is 2.81. The first-order valence-electron chi connectivity index (χ1n) is 5.60. The van der Waals surface area contributed by atoms with Gasteiger partial charge in [-0.3, -0.25) is 0 Å². The van der Waals surface area contributed by atoms with Crippen LogP contribution < -0.4 is 5.73 Å². The van der Waals surface area contributed by atoms with Crippen molar-refractivity contribution in [3.05, 3.63) is 53.6 Å². The molecule has 6 heteroatoms. The number of anilines is 1. The average molecular weight is 281 g/mol. The van der Waals surface area contributed by atoms with Gasteiger partial charge < -0.3 is 10.8 Å². The van der Waals surface area contributed by atoms with Gasteiger partial charge in [-0.15, -0.1) is 0 Å². The van der Waals surface area contributed by atoms with E-state index >= 15 is 0 Å². The summed E-state index contributed by atoms with van der Waals surface area (Å²) in [4.78, 5) is 11.2. The lowest BCUT2D eigenvalue weighted by molar-refractivity contribution is -0.137. The van der Waals surface area contributed by atoms with E-state index in [2.05, 4.69) is 0 Å². The topological polar surface area (TPSA) is 63.3 Å². The molecule has 0 aliphatic heterocycles. The van der Waals surface area contributed by atoms with Crippen molar-refractivity contribution in [2.75, 3.05) is 5.73 Å². The summed E-state index contributed by atoms with van der Waals surface area (Å²) in [6.45, 7) is 0. The largest absolute Gasteiger partial charge is 0.478 e. The standard InChI is InChI=1S/C14H10F3NO2/c15-14(16,17)9-4-1-3-8(7-9)12-10(13(19)20)5-2-6-11(12)18/h1-7H,18H2,(H,19,20). The number of halogens is 3. The van der Waals surface area contributed by atoms with E-state index in [0.717, 1.165) is 12.1 Å². The van der Waals surface area contributed by atoms with Gasteiger partial charge in [-0.2, -0.15) is 13.2 Å². The lowest BCUT2D eigenvalue weighted by Gasteiger charge is -2.12. The van der Waals surface area contributed by atoms with Gasteiger partial charge in [0, 0.05) is 11.3 Å². The highest BCUT2D eigenvalue weighted by molar-refractivity contribution is 5.99. The fourth-order valence-corrected chi connectivity index (χ4v) is 1.92. The molecule has 104 valence electrons. The lowest BCUT2D eigenvalue weighted by Crippen LogP contribution is -2.06. The van der Waals surface area contributed by atoms with Crippen LogP contribution in [0, 0.1) is 0 Å². The fourth-order valence-electron chi connectivity index (χ4n) is 1.92. The molecule has 0 fully saturated rings. The Balaban J connectivity index is 2.66. The summed E-state index contributed by atoms with van der Waals surface area (Å²) in [5.41, 5.74) is 5.04. The second kappa shape index (κ2) is 4.88. The molecule has 0 aliphatic carbocycles. The van der Waals surface area contributed by atoms with Crippen molar-refractivity contribution in [1.82, 2.24) is 0 Å². The molecule has 0 bridgehead atoms. The van der Waals surface area contributed by atoms with Crippen molar-refractivity contribution in [2.45, 2.75) is 6.18 Å². The highest BCUT2D eigenvalue weighted by atomic mass is 19.4. The van der Waals surface area contributed by atoms with Crippen LogP contribution in [0.25, 0.3) is 11.1 Å². The lowest BCUT2D eigenvalue weighted by atomic mass is 9.96. The Kier molecular flexibility index (Phi) is 3.40. The van der Waals surface area contributed by atoms with E-state index in [-0.39, 0.29) is 22.4 Å². The van der Waals surface area contributed by atoms with Crippen molar-refractivity contribution in [3.63, 3.8) is 0 Å². The van der Waals surface area contributed by atoms with E-state index < -0.39 is 17.7 Å². The van der Waals surface area contributed by atoms with Crippen LogP contribution in [0.2, 0.25) is 0 Å². The molecule has 3 N–H and O–H groups in total. The zero-order chi connectivity index (χ0) is 14.9. The molecule has 0 saturated heterocycles. The van der Waals surface area contributed by atoms with Crippen LogP contribution in [-0.2, 0) is 6.18 Å². The molecule has 0 radical (unpaired) electrons. The van der Waals surface area contributed by atoms with E-state index in [1.807, 2.05) is 0 Å². The summed E-state index contributed by atoms with van der Waals surface area (Å²) in [6, 6.07) is 8.61. The number of hydrogen-bond donors (Lipinski definition) is 2. The van der Waals surface area contributed by atoms with Gasteiger partial charge in [-0.05, 0) is 29.8 Å². The molecule has 0 aliphatic rings. The molecule has 0 aromatic heterocycles. The number of carboxylic acid groups (broad SMARTS) is 1. The summed E-state index contributed by atoms with van der Waals surface area (Å²) in [5, 5.41) is 9.10. The Morgan fingerprint density at radius 1 is 1.10 bits per heavy atom. The number of rotatable bonds is 2. The molecule has 0 unspecified atom stereocenters. The van der Waals surface area contributed by atoms with Gasteiger partial charge in [0.15, 0.2) is 0 Å². The summed E-state index contributed by atoms with van der Waals surface area (Å²) >= 11 is 0. The summed E-state index contributed by atoms with van der Waals surface area (Å²) in [5.74, 6) is -1.25. The third kappa shape index (κ3) is 2.59. The first-order chi connectivity index (χ1) is 9.30. The predicted molar refractivity (Wildman–Crippen MR) is 68.3 cm³/mol. The molecule has 20 heavy (non-hydrogen) atoms. The molecule has 3 nitrogen and oxygen atoms in total. The Labute approximate surface area is 112 Å². The van der Waals surface area contributed by atoms with Gasteiger partial charge in [-0.1, -0.05) is 18.2 Å². The number of carbonyl (C=O) groups is 1. The van der Waals surface area contributed by atoms with Gasteiger partial charge in [0.25, 0.3) is 0 Å². The van der Waals surface area contributed by atoms with Crippen LogP contribution in [0.3, 0.4) is 0 Å². The normalized spacial score (nSPS) is 11.3. The fraction of sp³-hybridized carbons (Fsp3) is 0.0714. The molecule has 2 rings (SSSR count). The van der Waals surface area contributed by atoms with Crippen molar-refractivity contribution in [2.24, 2.45) is 0 Å². The van der Waals surface area contributed by atoms with E-state index in [9.17, 15) is 18.0 Å². The Bertz CT molecular complexity index is 666. The second-order valence-corrected chi connectivity index (χ2v) is 4.15. The number of benzene rings is 2. The highest BCUT2D eigenvalue weighted by Gasteiger charge is 2.30. The van der Waals surface area contributed by atoms with Gasteiger partial charge in [-0.25, -0.2) is 4.79 Å². The monoisotopic (exact) mass is 281 g/mol. The summed E-state index contributed by atoms with van der Waals surface area (Å²) < 4.78 is 38.1. The van der Waals surface area contributed by atoms with E-state index in [0.29, 0.717) is 0 Å². The maximum Gasteiger partial charge on any atom is 0.416 e. The Morgan fingerprint density at radius 3 is 2.35 bits per heavy atom. The first kappa shape index (κ1) is 13.9. The van der Waals surface area contributed by atoms with Crippen LogP contribution >= 0.6 is 0 Å². The Hall–Kier alpha value is -2.50. The maximum atomic E-state index is 12.7. The maximum absolute atomic E-state index is 12.7. The molecule has 0 spiro atoms. The number of nitrogen functional groups attached to an aromatic ring is 1. The minimum atomic E-state index is -4.50. The number of aromatic carboxylic acids is 1. The van der Waals surface area contributed by atoms with Crippen molar-refractivity contribution < 1.29 is 23.1 Å². The molecule has 0 heterocycles. The quantitative estimate of drug-likeness (QED) is 0.826. The number of alkyl halides is 3. The predicted octanol–water partition coefficient (Wildman–Crippen LogP) is 3.65. The average Bonchev–Trinajstić information content (AvgIpc) is 2.37. The molecular formula is C14H10F3NO2. The van der Waals surface area contributed by atoms with Crippen LogP contribution in [0.15, 0.2) is 42.5 Å². The number of hydrogen-bond acceptors (Lipinski definition) is 2. The van der Waals surface area contributed by atoms with E-state index in [4.69, 9.17) is 10.8 Å². The van der Waals surface area contributed by atoms with Gasteiger partial charge in [0.05, 0.1) is 11.1 Å². The van der Waals surface area contributed by atoms with Crippen LogP contribution in [0.1, 0.15) is 15.9 Å². The van der Waals surface area contributed by atoms with E-state index in [1.165, 1.54) is 30.3 Å². The minimum absolute atomic E-state index is 0.0890. The van der Waals surface area contributed by atoms with Crippen molar-refractivity contribution in [3.8, 4) is 11.1 Å². The zero-order valence-electron chi connectivity index (χ0n) is 10.1. The third-order valence-electron chi connectivity index (χ3n) is 2.81. The Morgan fingerprint density at radius 2 is 1.75 bits per heavy atom. The van der Waals surface area contributed by atoms with Gasteiger partial charge in [0.2, 0.25) is 0 Å². The minimum Gasteiger partial charge on any atom is -0.478 e. The highest BCUT2D eigenvalue weighted by Crippen LogP contribution is 2.35. The molecule has 0 atom stereocenters. The van der Waals surface area contributed by atoms with Crippen LogP contribution in [0.5, 0.6) is 0 Å². The summed E-state index contributed by atoms with van der Waals surface area (Å²) in [7, 11) is 0. The van der Waals surface area contributed by atoms with Crippen LogP contribution in [-0.4, -0.2) is 11.1 Å². The summed E-state index contributed by atoms with van der Waals surface area (Å²) in [6.07, 6.45) is -4.50. The number of nitrogens with two attached hydrogens (primary N) is 1. The second-order valence-electron chi connectivity index (χ2n) is 4.15. The van der Waals surface area contributed by atoms with Crippen molar-refractivity contribution in [1.29, 1.82) is 0 Å². The molecular weight excluding hydrogens is 271 g/mol. The van der Waals surface area contributed by atoms with Crippen molar-refractivity contribution >= 4 is 11.7 Å². The number of carboxylic acids is 1. The van der Waals surface area contributed by atoms with Crippen LogP contribution in [0.4, 0.5) is 18.9 Å². The smallest absolute Gasteiger partial charge is 0.416 e. The molecule has 0 saturated carbocycles. The molecule has 0 amide bonds. The first-order valence-corrected chi connectivity index (χ1v) is 5.60. The van der Waals surface area contributed by atoms with Gasteiger partial charge in [0.1, 0.15) is 0 Å². The van der Waals surface area contributed by atoms with E-state index in [1.54, 1.807) is 0 Å².